The van der Waals surface area contributed by atoms with Crippen LogP contribution >= 0.6 is 0 Å². The summed E-state index contributed by atoms with van der Waals surface area (Å²) in [5.41, 5.74) is 0.966. The highest BCUT2D eigenvalue weighted by Crippen LogP contribution is 2.29. The van der Waals surface area contributed by atoms with Gasteiger partial charge in [-0.25, -0.2) is 9.24 Å². The molecule has 0 aliphatic carbocycles. The van der Waals surface area contributed by atoms with Crippen LogP contribution in [0.4, 0.5) is 10.1 Å². The van der Waals surface area contributed by atoms with Crippen LogP contribution in [-0.4, -0.2) is 43.7 Å². The molecule has 0 amide bonds. The molecule has 2 atom stereocenters. The third-order valence-electron chi connectivity index (χ3n) is 3.82. The summed E-state index contributed by atoms with van der Waals surface area (Å²) >= 11 is 0. The molecule has 1 aromatic rings. The summed E-state index contributed by atoms with van der Waals surface area (Å²) in [6, 6.07) is 5.12. The third kappa shape index (κ3) is 2.47. The molecular formula is C14H16FN3O. The number of piperazine rings is 1. The molecule has 0 bridgehead atoms. The van der Waals surface area contributed by atoms with Gasteiger partial charge in [0.05, 0.1) is 19.3 Å². The lowest BCUT2D eigenvalue weighted by Crippen LogP contribution is -2.57. The van der Waals surface area contributed by atoms with Gasteiger partial charge in [-0.3, -0.25) is 4.90 Å². The van der Waals surface area contributed by atoms with E-state index in [0.717, 1.165) is 31.7 Å². The lowest BCUT2D eigenvalue weighted by molar-refractivity contribution is -0.0717. The molecule has 19 heavy (non-hydrogen) atoms. The number of hydrogen-bond donors (Lipinski definition) is 1. The first-order valence-electron chi connectivity index (χ1n) is 6.51. The van der Waals surface area contributed by atoms with Gasteiger partial charge in [0.15, 0.2) is 0 Å². The van der Waals surface area contributed by atoms with E-state index in [1.165, 1.54) is 6.07 Å². The smallest absolute Gasteiger partial charge is 0.222 e. The summed E-state index contributed by atoms with van der Waals surface area (Å²) < 4.78 is 19.2. The molecule has 0 spiro atoms. The van der Waals surface area contributed by atoms with Gasteiger partial charge in [-0.15, -0.1) is 0 Å². The van der Waals surface area contributed by atoms with Gasteiger partial charge < -0.3 is 10.1 Å². The fourth-order valence-corrected chi connectivity index (χ4v) is 2.72. The van der Waals surface area contributed by atoms with E-state index in [2.05, 4.69) is 15.1 Å². The Hall–Kier alpha value is -1.48. The van der Waals surface area contributed by atoms with Crippen molar-refractivity contribution in [3.63, 3.8) is 0 Å². The second kappa shape index (κ2) is 5.25. The van der Waals surface area contributed by atoms with Crippen LogP contribution in [0.2, 0.25) is 0 Å². The van der Waals surface area contributed by atoms with Crippen LogP contribution in [0, 0.1) is 12.4 Å². The lowest BCUT2D eigenvalue weighted by atomic mass is 10.0. The Bertz CT molecular complexity index is 514. The van der Waals surface area contributed by atoms with Crippen LogP contribution < -0.4 is 5.32 Å². The maximum Gasteiger partial charge on any atom is 0.222 e. The second-order valence-corrected chi connectivity index (χ2v) is 5.00. The van der Waals surface area contributed by atoms with Gasteiger partial charge in [0, 0.05) is 32.2 Å². The summed E-state index contributed by atoms with van der Waals surface area (Å²) in [6.07, 6.45) is -0.0598. The molecule has 1 aromatic carbocycles. The number of rotatable bonds is 1. The maximum absolute atomic E-state index is 13.3. The van der Waals surface area contributed by atoms with E-state index in [4.69, 9.17) is 11.3 Å². The number of nitrogens with zero attached hydrogens (tertiary/aromatic N) is 2. The van der Waals surface area contributed by atoms with E-state index in [-0.39, 0.29) is 11.8 Å². The molecule has 0 unspecified atom stereocenters. The average molecular weight is 261 g/mol. The average Bonchev–Trinajstić information content (AvgIpc) is 2.47. The Balaban J connectivity index is 1.78. The van der Waals surface area contributed by atoms with Crippen LogP contribution in [0.3, 0.4) is 0 Å². The Morgan fingerprint density at radius 2 is 2.37 bits per heavy atom. The van der Waals surface area contributed by atoms with Crippen molar-refractivity contribution in [2.45, 2.75) is 12.1 Å². The summed E-state index contributed by atoms with van der Waals surface area (Å²) in [7, 11) is 0. The number of ether oxygens (including phenoxy) is 1. The molecule has 0 radical (unpaired) electrons. The van der Waals surface area contributed by atoms with Crippen molar-refractivity contribution >= 4 is 5.69 Å². The quantitative estimate of drug-likeness (QED) is 0.780. The molecule has 2 aliphatic heterocycles. The van der Waals surface area contributed by atoms with E-state index in [9.17, 15) is 4.39 Å². The number of hydrogen-bond acceptors (Lipinski definition) is 3. The minimum Gasteiger partial charge on any atom is -0.371 e. The number of halogens is 1. The molecule has 2 saturated heterocycles. The Morgan fingerprint density at radius 1 is 1.47 bits per heavy atom. The number of fused-ring (bicyclic) bond motifs is 1. The van der Waals surface area contributed by atoms with E-state index in [1.807, 2.05) is 0 Å². The van der Waals surface area contributed by atoms with Gasteiger partial charge in [0.25, 0.3) is 0 Å². The molecule has 4 nitrogen and oxygen atoms in total. The highest BCUT2D eigenvalue weighted by molar-refractivity contribution is 5.48. The van der Waals surface area contributed by atoms with Crippen molar-refractivity contribution < 1.29 is 9.13 Å². The van der Waals surface area contributed by atoms with Crippen LogP contribution in [-0.2, 0) is 4.74 Å². The van der Waals surface area contributed by atoms with Gasteiger partial charge in [-0.05, 0) is 17.7 Å². The fraction of sp³-hybridized carbons (Fsp3) is 0.500. The van der Waals surface area contributed by atoms with Gasteiger partial charge >= 0.3 is 0 Å². The predicted octanol–water partition coefficient (Wildman–Crippen LogP) is 1.72. The zero-order chi connectivity index (χ0) is 13.2. The van der Waals surface area contributed by atoms with Crippen LogP contribution in [0.15, 0.2) is 18.2 Å². The predicted molar refractivity (Wildman–Crippen MR) is 69.6 cm³/mol. The van der Waals surface area contributed by atoms with Crippen molar-refractivity contribution in [1.29, 1.82) is 0 Å². The van der Waals surface area contributed by atoms with Gasteiger partial charge in [-0.2, -0.15) is 0 Å². The van der Waals surface area contributed by atoms with E-state index in [0.29, 0.717) is 12.6 Å². The zero-order valence-corrected chi connectivity index (χ0v) is 10.6. The number of morpholine rings is 1. The first-order chi connectivity index (χ1) is 9.28. The van der Waals surface area contributed by atoms with Crippen LogP contribution in [0.1, 0.15) is 11.7 Å². The maximum atomic E-state index is 13.3. The monoisotopic (exact) mass is 261 g/mol. The minimum atomic E-state index is -0.463. The summed E-state index contributed by atoms with van der Waals surface area (Å²) in [5.74, 6) is -0.463. The normalized spacial score (nSPS) is 27.6. The molecule has 2 fully saturated rings. The SMILES string of the molecule is [C-]#[N+]c1cc([C@@H]2CN3CCNC[C@H]3CO2)ccc1F. The molecule has 2 heterocycles. The van der Waals surface area contributed by atoms with Gasteiger partial charge in [0.2, 0.25) is 5.69 Å². The minimum absolute atomic E-state index is 0.0598. The molecule has 100 valence electrons. The van der Waals surface area contributed by atoms with Crippen molar-refractivity contribution in [1.82, 2.24) is 10.2 Å². The molecule has 5 heteroatoms. The third-order valence-corrected chi connectivity index (χ3v) is 3.82. The zero-order valence-electron chi connectivity index (χ0n) is 10.6. The van der Waals surface area contributed by atoms with Crippen LogP contribution in [0.5, 0.6) is 0 Å². The number of benzene rings is 1. The molecule has 1 N–H and O–H groups in total. The van der Waals surface area contributed by atoms with Crippen molar-refractivity contribution in [2.75, 3.05) is 32.8 Å². The largest absolute Gasteiger partial charge is 0.371 e. The van der Waals surface area contributed by atoms with Gasteiger partial charge in [-0.1, -0.05) is 6.07 Å². The van der Waals surface area contributed by atoms with Crippen molar-refractivity contribution in [3.8, 4) is 0 Å². The van der Waals surface area contributed by atoms with Crippen molar-refractivity contribution in [2.24, 2.45) is 0 Å². The van der Waals surface area contributed by atoms with Gasteiger partial charge in [0.1, 0.15) is 5.82 Å². The lowest BCUT2D eigenvalue weighted by Gasteiger charge is -2.42. The first-order valence-corrected chi connectivity index (χ1v) is 6.51. The molecule has 0 aromatic heterocycles. The highest BCUT2D eigenvalue weighted by Gasteiger charge is 2.31. The second-order valence-electron chi connectivity index (χ2n) is 5.00. The molecular weight excluding hydrogens is 245 g/mol. The first kappa shape index (κ1) is 12.5. The number of nitrogens with one attached hydrogen (secondary N) is 1. The van der Waals surface area contributed by atoms with E-state index in [1.54, 1.807) is 12.1 Å². The fourth-order valence-electron chi connectivity index (χ4n) is 2.72. The standard InChI is InChI=1S/C14H16FN3O/c1-16-13-6-10(2-3-12(13)15)14-8-18-5-4-17-7-11(18)9-19-14/h2-3,6,11,14,17H,4-5,7-9H2/t11-,14-/m0/s1. The summed E-state index contributed by atoms with van der Waals surface area (Å²) in [5, 5.41) is 3.35. The Kier molecular flexibility index (Phi) is 3.47. The van der Waals surface area contributed by atoms with Crippen LogP contribution in [0.25, 0.3) is 4.85 Å². The summed E-state index contributed by atoms with van der Waals surface area (Å²) in [4.78, 5) is 5.61. The topological polar surface area (TPSA) is 28.9 Å². The van der Waals surface area contributed by atoms with E-state index >= 15 is 0 Å². The highest BCUT2D eigenvalue weighted by atomic mass is 19.1. The Morgan fingerprint density at radius 3 is 3.21 bits per heavy atom. The molecule has 0 saturated carbocycles. The Labute approximate surface area is 112 Å². The van der Waals surface area contributed by atoms with Crippen molar-refractivity contribution in [3.05, 3.63) is 41.0 Å². The molecule has 3 rings (SSSR count). The molecule has 2 aliphatic rings. The summed E-state index contributed by atoms with van der Waals surface area (Å²) in [6.45, 7) is 11.4. The van der Waals surface area contributed by atoms with E-state index < -0.39 is 5.82 Å².